The van der Waals surface area contributed by atoms with Gasteiger partial charge in [0, 0.05) is 12.8 Å². The predicted octanol–water partition coefficient (Wildman–Crippen LogP) is 0.778. The second-order valence-electron chi connectivity index (χ2n) is 5.63. The first-order chi connectivity index (χ1) is 9.87. The average molecular weight is 310 g/mol. The van der Waals surface area contributed by atoms with E-state index in [0.717, 1.165) is 17.4 Å². The van der Waals surface area contributed by atoms with Crippen LogP contribution in [-0.2, 0) is 21.2 Å². The molecule has 0 radical (unpaired) electrons. The third kappa shape index (κ3) is 3.27. The predicted molar refractivity (Wildman–Crippen MR) is 82.7 cm³/mol. The molecule has 1 saturated heterocycles. The van der Waals surface area contributed by atoms with Crippen molar-refractivity contribution in [2.75, 3.05) is 19.3 Å². The Kier molecular flexibility index (Phi) is 4.68. The molecular formula is C15H22N2O3S. The summed E-state index contributed by atoms with van der Waals surface area (Å²) in [4.78, 5) is 12.5. The van der Waals surface area contributed by atoms with E-state index in [-0.39, 0.29) is 5.91 Å². The number of aryl methyl sites for hydroxylation is 1. The molecule has 21 heavy (non-hydrogen) atoms. The molecular weight excluding hydrogens is 288 g/mol. The molecule has 0 saturated carbocycles. The number of hydrogen-bond acceptors (Lipinski definition) is 4. The van der Waals surface area contributed by atoms with Crippen LogP contribution in [0.5, 0.6) is 0 Å². The molecule has 0 atom stereocenters. The van der Waals surface area contributed by atoms with E-state index in [1.165, 1.54) is 0 Å². The van der Waals surface area contributed by atoms with E-state index in [0.29, 0.717) is 32.5 Å². The van der Waals surface area contributed by atoms with Crippen LogP contribution in [0, 0.1) is 6.92 Å². The van der Waals surface area contributed by atoms with Crippen molar-refractivity contribution in [3.8, 4) is 0 Å². The minimum atomic E-state index is -3.45. The maximum Gasteiger partial charge on any atom is 0.241 e. The fourth-order valence-electron chi connectivity index (χ4n) is 2.74. The normalized spacial score (nSPS) is 18.2. The van der Waals surface area contributed by atoms with Crippen LogP contribution in [0.3, 0.4) is 0 Å². The molecule has 2 N–H and O–H groups in total. The fraction of sp³-hybridized carbons (Fsp3) is 0.533. The standard InChI is InChI=1S/C15H22N2O3S/c1-12-5-3-4-6-13(12)11-17-14(18)15(21(2,19)20)7-9-16-10-8-15/h3-6,16H,7-11H2,1-2H3,(H,17,18). The lowest BCUT2D eigenvalue weighted by Gasteiger charge is -2.34. The molecule has 116 valence electrons. The molecule has 1 aromatic rings. The lowest BCUT2D eigenvalue weighted by Crippen LogP contribution is -2.57. The summed E-state index contributed by atoms with van der Waals surface area (Å²) in [5, 5.41) is 5.92. The second-order valence-corrected chi connectivity index (χ2v) is 7.95. The smallest absolute Gasteiger partial charge is 0.241 e. The van der Waals surface area contributed by atoms with Gasteiger partial charge in [-0.25, -0.2) is 8.42 Å². The van der Waals surface area contributed by atoms with Crippen molar-refractivity contribution in [1.82, 2.24) is 10.6 Å². The summed E-state index contributed by atoms with van der Waals surface area (Å²) in [6.45, 7) is 3.42. The SMILES string of the molecule is Cc1ccccc1CNC(=O)C1(S(C)(=O)=O)CCNCC1. The number of nitrogens with one attached hydrogen (secondary N) is 2. The zero-order valence-electron chi connectivity index (χ0n) is 12.5. The Morgan fingerprint density at radius 2 is 1.90 bits per heavy atom. The van der Waals surface area contributed by atoms with Crippen molar-refractivity contribution in [2.24, 2.45) is 0 Å². The van der Waals surface area contributed by atoms with Gasteiger partial charge in [0.25, 0.3) is 0 Å². The van der Waals surface area contributed by atoms with E-state index < -0.39 is 14.6 Å². The Balaban J connectivity index is 2.15. The third-order valence-electron chi connectivity index (χ3n) is 4.24. The molecule has 6 heteroatoms. The first-order valence-electron chi connectivity index (χ1n) is 7.10. The number of sulfone groups is 1. The van der Waals surface area contributed by atoms with Crippen LogP contribution in [0.25, 0.3) is 0 Å². The maximum absolute atomic E-state index is 12.5. The molecule has 0 bridgehead atoms. The Labute approximate surface area is 126 Å². The minimum absolute atomic E-state index is 0.325. The zero-order valence-corrected chi connectivity index (χ0v) is 13.3. The van der Waals surface area contributed by atoms with Gasteiger partial charge in [0.05, 0.1) is 0 Å². The van der Waals surface area contributed by atoms with Gasteiger partial charge < -0.3 is 10.6 Å². The van der Waals surface area contributed by atoms with E-state index in [1.54, 1.807) is 0 Å². The Bertz CT molecular complexity index is 620. The lowest BCUT2D eigenvalue weighted by atomic mass is 9.95. The van der Waals surface area contributed by atoms with Gasteiger partial charge in [0.2, 0.25) is 5.91 Å². The molecule has 0 unspecified atom stereocenters. The summed E-state index contributed by atoms with van der Waals surface area (Å²) in [7, 11) is -3.45. The number of carbonyl (C=O) groups excluding carboxylic acids is 1. The van der Waals surface area contributed by atoms with Gasteiger partial charge in [0.15, 0.2) is 14.6 Å². The molecule has 2 rings (SSSR count). The largest absolute Gasteiger partial charge is 0.351 e. The highest BCUT2D eigenvalue weighted by Gasteiger charge is 2.48. The quantitative estimate of drug-likeness (QED) is 0.862. The van der Waals surface area contributed by atoms with Crippen molar-refractivity contribution in [3.05, 3.63) is 35.4 Å². The number of rotatable bonds is 4. The molecule has 0 aromatic heterocycles. The highest BCUT2D eigenvalue weighted by Crippen LogP contribution is 2.28. The molecule has 5 nitrogen and oxygen atoms in total. The molecule has 1 aromatic carbocycles. The van der Waals surface area contributed by atoms with Crippen LogP contribution < -0.4 is 10.6 Å². The van der Waals surface area contributed by atoms with Gasteiger partial charge in [-0.3, -0.25) is 4.79 Å². The number of carbonyl (C=O) groups is 1. The van der Waals surface area contributed by atoms with Gasteiger partial charge in [-0.05, 0) is 44.0 Å². The van der Waals surface area contributed by atoms with Crippen LogP contribution in [0.15, 0.2) is 24.3 Å². The van der Waals surface area contributed by atoms with Crippen molar-refractivity contribution in [3.63, 3.8) is 0 Å². The topological polar surface area (TPSA) is 75.3 Å². The minimum Gasteiger partial charge on any atom is -0.351 e. The fourth-order valence-corrected chi connectivity index (χ4v) is 4.10. The zero-order chi connectivity index (χ0) is 15.5. The molecule has 1 fully saturated rings. The lowest BCUT2D eigenvalue weighted by molar-refractivity contribution is -0.124. The molecule has 0 spiro atoms. The van der Waals surface area contributed by atoms with Crippen LogP contribution in [0.4, 0.5) is 0 Å². The Morgan fingerprint density at radius 1 is 1.29 bits per heavy atom. The number of benzene rings is 1. The van der Waals surface area contributed by atoms with Crippen molar-refractivity contribution in [2.45, 2.75) is 31.1 Å². The van der Waals surface area contributed by atoms with Crippen molar-refractivity contribution >= 4 is 15.7 Å². The van der Waals surface area contributed by atoms with Crippen molar-refractivity contribution < 1.29 is 13.2 Å². The van der Waals surface area contributed by atoms with Gasteiger partial charge in [-0.2, -0.15) is 0 Å². The van der Waals surface area contributed by atoms with Crippen LogP contribution in [0.2, 0.25) is 0 Å². The van der Waals surface area contributed by atoms with E-state index >= 15 is 0 Å². The third-order valence-corrected chi connectivity index (χ3v) is 6.25. The number of piperidine rings is 1. The average Bonchev–Trinajstić information content (AvgIpc) is 2.45. The molecule has 1 aliphatic rings. The van der Waals surface area contributed by atoms with Crippen LogP contribution >= 0.6 is 0 Å². The highest BCUT2D eigenvalue weighted by molar-refractivity contribution is 7.92. The summed E-state index contributed by atoms with van der Waals surface area (Å²) in [6.07, 6.45) is 1.81. The van der Waals surface area contributed by atoms with E-state index in [2.05, 4.69) is 10.6 Å². The summed E-state index contributed by atoms with van der Waals surface area (Å²) in [6, 6.07) is 7.75. The first-order valence-corrected chi connectivity index (χ1v) is 8.99. The van der Waals surface area contributed by atoms with Gasteiger partial charge in [0.1, 0.15) is 0 Å². The molecule has 1 heterocycles. The summed E-state index contributed by atoms with van der Waals surface area (Å²) >= 11 is 0. The van der Waals surface area contributed by atoms with Crippen molar-refractivity contribution in [1.29, 1.82) is 0 Å². The van der Waals surface area contributed by atoms with E-state index in [1.807, 2.05) is 31.2 Å². The number of hydrogen-bond donors (Lipinski definition) is 2. The monoisotopic (exact) mass is 310 g/mol. The summed E-state index contributed by atoms with van der Waals surface area (Å²) < 4.78 is 23.0. The highest BCUT2D eigenvalue weighted by atomic mass is 32.2. The number of amides is 1. The summed E-state index contributed by atoms with van der Waals surface area (Å²) in [5.74, 6) is -0.380. The van der Waals surface area contributed by atoms with Crippen LogP contribution in [-0.4, -0.2) is 38.4 Å². The Hall–Kier alpha value is -1.40. The second kappa shape index (κ2) is 6.15. The van der Waals surface area contributed by atoms with Gasteiger partial charge >= 0.3 is 0 Å². The van der Waals surface area contributed by atoms with Gasteiger partial charge in [-0.1, -0.05) is 24.3 Å². The Morgan fingerprint density at radius 3 is 2.48 bits per heavy atom. The van der Waals surface area contributed by atoms with Crippen LogP contribution in [0.1, 0.15) is 24.0 Å². The van der Waals surface area contributed by atoms with E-state index in [4.69, 9.17) is 0 Å². The molecule has 1 amide bonds. The van der Waals surface area contributed by atoms with E-state index in [9.17, 15) is 13.2 Å². The molecule has 1 aliphatic heterocycles. The van der Waals surface area contributed by atoms with Gasteiger partial charge in [-0.15, -0.1) is 0 Å². The first kappa shape index (κ1) is 16.0. The maximum atomic E-state index is 12.5. The summed E-state index contributed by atoms with van der Waals surface area (Å²) in [5.41, 5.74) is 2.08. The molecule has 0 aliphatic carbocycles.